The molecule has 0 spiro atoms. The van der Waals surface area contributed by atoms with Gasteiger partial charge in [-0.15, -0.1) is 0 Å². The summed E-state index contributed by atoms with van der Waals surface area (Å²) >= 11 is 0. The third-order valence-electron chi connectivity index (χ3n) is 3.55. The van der Waals surface area contributed by atoms with E-state index in [9.17, 15) is 4.79 Å². The van der Waals surface area contributed by atoms with Gasteiger partial charge in [-0.2, -0.15) is 0 Å². The zero-order valence-corrected chi connectivity index (χ0v) is 17.0. The Labute approximate surface area is 164 Å². The highest BCUT2D eigenvalue weighted by Gasteiger charge is 2.02. The van der Waals surface area contributed by atoms with Crippen LogP contribution in [0.3, 0.4) is 0 Å². The van der Waals surface area contributed by atoms with E-state index in [2.05, 4.69) is 13.5 Å². The summed E-state index contributed by atoms with van der Waals surface area (Å²) in [6, 6.07) is 0. The molecule has 0 saturated carbocycles. The van der Waals surface area contributed by atoms with Crippen LogP contribution < -0.4 is 0 Å². The fourth-order valence-electron chi connectivity index (χ4n) is 2.11. The molecule has 0 amide bonds. The number of hydrogen-bond donors (Lipinski definition) is 0. The lowest BCUT2D eigenvalue weighted by Crippen LogP contribution is -2.14. The van der Waals surface area contributed by atoms with Gasteiger partial charge in [0.05, 0.1) is 59.1 Å². The first-order chi connectivity index (χ1) is 13.3. The maximum absolute atomic E-state index is 11.5. The van der Waals surface area contributed by atoms with Gasteiger partial charge in [-0.25, -0.2) is 0 Å². The Morgan fingerprint density at radius 1 is 0.704 bits per heavy atom. The van der Waals surface area contributed by atoms with Gasteiger partial charge in [0.15, 0.2) is 0 Å². The molecule has 0 aromatic heterocycles. The minimum atomic E-state index is -0.138. The van der Waals surface area contributed by atoms with E-state index in [1.807, 2.05) is 0 Å². The molecule has 0 aromatic rings. The Balaban J connectivity index is 3.10. The normalized spacial score (nSPS) is 10.7. The Bertz CT molecular complexity index is 323. The number of ether oxygens (including phenoxy) is 6. The molecule has 0 saturated heterocycles. The van der Waals surface area contributed by atoms with Gasteiger partial charge in [0.2, 0.25) is 0 Å². The molecular weight excluding hydrogens is 352 g/mol. The first-order valence-electron chi connectivity index (χ1n) is 10.00. The lowest BCUT2D eigenvalue weighted by molar-refractivity contribution is -0.145. The molecule has 0 atom stereocenters. The second kappa shape index (κ2) is 22.9. The fraction of sp³-hybridized carbons (Fsp3) is 0.850. The predicted molar refractivity (Wildman–Crippen MR) is 104 cm³/mol. The van der Waals surface area contributed by atoms with Crippen molar-refractivity contribution in [2.75, 3.05) is 66.1 Å². The summed E-state index contributed by atoms with van der Waals surface area (Å²) in [7, 11) is 0. The lowest BCUT2D eigenvalue weighted by Gasteiger charge is -2.08. The summed E-state index contributed by atoms with van der Waals surface area (Å²) in [4.78, 5) is 11.5. The van der Waals surface area contributed by atoms with Crippen molar-refractivity contribution in [3.05, 3.63) is 12.8 Å². The van der Waals surface area contributed by atoms with Crippen LogP contribution in [0.4, 0.5) is 0 Å². The first kappa shape index (κ1) is 25.9. The molecule has 0 aromatic carbocycles. The van der Waals surface area contributed by atoms with Crippen molar-refractivity contribution in [1.29, 1.82) is 0 Å². The molecule has 0 N–H and O–H groups in total. The summed E-state index contributed by atoms with van der Waals surface area (Å²) in [5.41, 5.74) is 0. The number of esters is 1. The van der Waals surface area contributed by atoms with Crippen LogP contribution in [0.25, 0.3) is 0 Å². The number of rotatable bonds is 22. The van der Waals surface area contributed by atoms with Gasteiger partial charge < -0.3 is 28.4 Å². The Morgan fingerprint density at radius 2 is 1.19 bits per heavy atom. The van der Waals surface area contributed by atoms with Crippen LogP contribution in [0.1, 0.15) is 45.4 Å². The standard InChI is InChI=1S/C20H38O7/c1-3-5-6-7-8-9-20(21)27-19-18-26-17-16-25-15-14-24-13-12-23-11-10-22-4-2/h4H,2-3,5-19H2,1H3. The van der Waals surface area contributed by atoms with Crippen molar-refractivity contribution in [1.82, 2.24) is 0 Å². The summed E-state index contributed by atoms with van der Waals surface area (Å²) in [6.07, 6.45) is 7.53. The van der Waals surface area contributed by atoms with Gasteiger partial charge >= 0.3 is 5.97 Å². The monoisotopic (exact) mass is 390 g/mol. The van der Waals surface area contributed by atoms with Crippen LogP contribution in [0.15, 0.2) is 12.8 Å². The van der Waals surface area contributed by atoms with Crippen LogP contribution in [-0.2, 0) is 33.2 Å². The van der Waals surface area contributed by atoms with Crippen LogP contribution in [0, 0.1) is 0 Å². The quantitative estimate of drug-likeness (QED) is 0.160. The van der Waals surface area contributed by atoms with Gasteiger partial charge in [0.1, 0.15) is 13.2 Å². The smallest absolute Gasteiger partial charge is 0.305 e. The minimum absolute atomic E-state index is 0.138. The van der Waals surface area contributed by atoms with E-state index in [-0.39, 0.29) is 5.97 Å². The van der Waals surface area contributed by atoms with Gasteiger partial charge in [-0.1, -0.05) is 39.2 Å². The molecule has 0 heterocycles. The van der Waals surface area contributed by atoms with Gasteiger partial charge in [-0.3, -0.25) is 4.79 Å². The molecule has 0 aliphatic rings. The van der Waals surface area contributed by atoms with Crippen molar-refractivity contribution in [3.63, 3.8) is 0 Å². The second-order valence-corrected chi connectivity index (χ2v) is 5.87. The summed E-state index contributed by atoms with van der Waals surface area (Å²) < 4.78 is 31.4. The SMILES string of the molecule is C=COCCOCCOCCOCCOCCOC(=O)CCCCCCC. The summed E-state index contributed by atoms with van der Waals surface area (Å²) in [5, 5.41) is 0. The van der Waals surface area contributed by atoms with E-state index < -0.39 is 0 Å². The van der Waals surface area contributed by atoms with E-state index in [1.165, 1.54) is 25.5 Å². The molecular formula is C20H38O7. The zero-order valence-electron chi connectivity index (χ0n) is 17.0. The van der Waals surface area contributed by atoms with Crippen molar-refractivity contribution >= 4 is 5.97 Å². The summed E-state index contributed by atoms with van der Waals surface area (Å²) in [6.45, 7) is 10.4. The predicted octanol–water partition coefficient (Wildman–Crippen LogP) is 3.12. The highest BCUT2D eigenvalue weighted by atomic mass is 16.6. The first-order valence-corrected chi connectivity index (χ1v) is 10.00. The van der Waals surface area contributed by atoms with E-state index in [0.29, 0.717) is 72.5 Å². The van der Waals surface area contributed by atoms with Gasteiger partial charge in [0.25, 0.3) is 0 Å². The zero-order chi connectivity index (χ0) is 19.8. The van der Waals surface area contributed by atoms with Crippen LogP contribution in [0.2, 0.25) is 0 Å². The van der Waals surface area contributed by atoms with Crippen molar-refractivity contribution < 1.29 is 33.2 Å². The van der Waals surface area contributed by atoms with Crippen LogP contribution >= 0.6 is 0 Å². The van der Waals surface area contributed by atoms with Gasteiger partial charge in [0, 0.05) is 6.42 Å². The fourth-order valence-corrected chi connectivity index (χ4v) is 2.11. The second-order valence-electron chi connectivity index (χ2n) is 5.87. The molecule has 0 rings (SSSR count). The van der Waals surface area contributed by atoms with Crippen LogP contribution in [-0.4, -0.2) is 72.0 Å². The topological polar surface area (TPSA) is 72.5 Å². The van der Waals surface area contributed by atoms with Gasteiger partial charge in [-0.05, 0) is 6.42 Å². The van der Waals surface area contributed by atoms with E-state index >= 15 is 0 Å². The van der Waals surface area contributed by atoms with Crippen molar-refractivity contribution in [2.24, 2.45) is 0 Å². The number of carbonyl (C=O) groups excluding carboxylic acids is 1. The Morgan fingerprint density at radius 3 is 1.70 bits per heavy atom. The van der Waals surface area contributed by atoms with E-state index in [1.54, 1.807) is 0 Å². The third kappa shape index (κ3) is 22.8. The third-order valence-corrected chi connectivity index (χ3v) is 3.55. The molecule has 0 aliphatic carbocycles. The average molecular weight is 391 g/mol. The summed E-state index contributed by atoms with van der Waals surface area (Å²) in [5.74, 6) is -0.138. The molecule has 0 fully saturated rings. The van der Waals surface area contributed by atoms with Crippen molar-refractivity contribution in [2.45, 2.75) is 45.4 Å². The minimum Gasteiger partial charge on any atom is -0.499 e. The molecule has 160 valence electrons. The Kier molecular flexibility index (Phi) is 21.9. The molecule has 7 nitrogen and oxygen atoms in total. The molecule has 7 heteroatoms. The molecule has 0 radical (unpaired) electrons. The molecule has 0 bridgehead atoms. The maximum atomic E-state index is 11.5. The lowest BCUT2D eigenvalue weighted by atomic mass is 10.1. The van der Waals surface area contributed by atoms with Crippen molar-refractivity contribution in [3.8, 4) is 0 Å². The largest absolute Gasteiger partial charge is 0.499 e. The van der Waals surface area contributed by atoms with E-state index in [4.69, 9.17) is 28.4 Å². The number of carbonyl (C=O) groups is 1. The van der Waals surface area contributed by atoms with Crippen LogP contribution in [0.5, 0.6) is 0 Å². The highest BCUT2D eigenvalue weighted by Crippen LogP contribution is 2.05. The van der Waals surface area contributed by atoms with E-state index in [0.717, 1.165) is 12.8 Å². The molecule has 27 heavy (non-hydrogen) atoms. The number of unbranched alkanes of at least 4 members (excludes halogenated alkanes) is 4. The molecule has 0 aliphatic heterocycles. The highest BCUT2D eigenvalue weighted by molar-refractivity contribution is 5.69. The Hall–Kier alpha value is -1.15. The number of hydrogen-bond acceptors (Lipinski definition) is 7. The average Bonchev–Trinajstić information content (AvgIpc) is 2.67. The molecule has 0 unspecified atom stereocenters. The maximum Gasteiger partial charge on any atom is 0.305 e.